The first-order valence-corrected chi connectivity index (χ1v) is 6.55. The summed E-state index contributed by atoms with van der Waals surface area (Å²) < 4.78 is 10.2. The zero-order valence-electron chi connectivity index (χ0n) is 11.6. The largest absolute Gasteiger partial charge is 0.460 e. The highest BCUT2D eigenvalue weighted by Gasteiger charge is 2.37. The minimum atomic E-state index is -0.672. The molecule has 0 bridgehead atoms. The number of ketones is 2. The number of rotatable bonds is 2. The number of benzene rings is 1. The van der Waals surface area contributed by atoms with Crippen molar-refractivity contribution in [2.24, 2.45) is 0 Å². The van der Waals surface area contributed by atoms with Crippen LogP contribution < -0.4 is 0 Å². The first kappa shape index (κ1) is 13.3. The maximum absolute atomic E-state index is 12.5. The number of carbonyl (C=O) groups is 3. The van der Waals surface area contributed by atoms with Crippen LogP contribution in [0.2, 0.25) is 0 Å². The lowest BCUT2D eigenvalue weighted by Crippen LogP contribution is -2.19. The van der Waals surface area contributed by atoms with E-state index in [0.717, 1.165) is 0 Å². The summed E-state index contributed by atoms with van der Waals surface area (Å²) in [7, 11) is 0. The molecule has 5 heteroatoms. The summed E-state index contributed by atoms with van der Waals surface area (Å²) in [5, 5.41) is 0. The molecule has 0 N–H and O–H groups in total. The molecule has 0 atom stereocenters. The van der Waals surface area contributed by atoms with Gasteiger partial charge in [-0.25, -0.2) is 4.79 Å². The van der Waals surface area contributed by atoms with Crippen LogP contribution >= 0.6 is 0 Å². The summed E-state index contributed by atoms with van der Waals surface area (Å²) >= 11 is 0. The fourth-order valence-corrected chi connectivity index (χ4v) is 2.47. The Bertz CT molecular complexity index is 782. The van der Waals surface area contributed by atoms with Crippen LogP contribution in [0.25, 0.3) is 0 Å². The summed E-state index contributed by atoms with van der Waals surface area (Å²) in [5.74, 6) is -1.54. The number of hydrogen-bond donors (Lipinski definition) is 0. The van der Waals surface area contributed by atoms with Gasteiger partial charge in [0.2, 0.25) is 11.5 Å². The fourth-order valence-electron chi connectivity index (χ4n) is 2.47. The molecular formula is C16H12O5. The SMILES string of the molecule is CCOC(=O)c1oc2c(c1C)C(=O)c1ccccc1C2=O. The molecule has 5 nitrogen and oxygen atoms in total. The van der Waals surface area contributed by atoms with Crippen LogP contribution in [0.5, 0.6) is 0 Å². The van der Waals surface area contributed by atoms with Crippen molar-refractivity contribution in [2.45, 2.75) is 13.8 Å². The van der Waals surface area contributed by atoms with Crippen molar-refractivity contribution in [1.82, 2.24) is 0 Å². The van der Waals surface area contributed by atoms with Crippen molar-refractivity contribution < 1.29 is 23.5 Å². The topological polar surface area (TPSA) is 73.6 Å². The minimum absolute atomic E-state index is 0.0840. The lowest BCUT2D eigenvalue weighted by atomic mass is 9.87. The molecule has 0 aliphatic heterocycles. The van der Waals surface area contributed by atoms with E-state index in [1.54, 1.807) is 38.1 Å². The lowest BCUT2D eigenvalue weighted by molar-refractivity contribution is 0.0487. The third kappa shape index (κ3) is 1.81. The summed E-state index contributed by atoms with van der Waals surface area (Å²) in [6, 6.07) is 6.53. The molecule has 21 heavy (non-hydrogen) atoms. The van der Waals surface area contributed by atoms with Crippen molar-refractivity contribution in [1.29, 1.82) is 0 Å². The van der Waals surface area contributed by atoms with Gasteiger partial charge in [0.15, 0.2) is 11.5 Å². The van der Waals surface area contributed by atoms with Gasteiger partial charge < -0.3 is 9.15 Å². The second-order valence-electron chi connectivity index (χ2n) is 4.68. The molecule has 0 amide bonds. The second-order valence-corrected chi connectivity index (χ2v) is 4.68. The number of furan rings is 1. The van der Waals surface area contributed by atoms with E-state index in [0.29, 0.717) is 16.7 Å². The summed E-state index contributed by atoms with van der Waals surface area (Å²) in [6.07, 6.45) is 0. The number of hydrogen-bond acceptors (Lipinski definition) is 5. The average Bonchev–Trinajstić information content (AvgIpc) is 2.83. The molecule has 0 spiro atoms. The Morgan fingerprint density at radius 3 is 2.38 bits per heavy atom. The molecule has 106 valence electrons. The predicted octanol–water partition coefficient (Wildman–Crippen LogP) is 2.54. The number of carbonyl (C=O) groups excluding carboxylic acids is 3. The molecule has 1 aromatic carbocycles. The Morgan fingerprint density at radius 1 is 1.14 bits per heavy atom. The number of fused-ring (bicyclic) bond motifs is 2. The van der Waals surface area contributed by atoms with E-state index < -0.39 is 5.97 Å². The molecule has 1 heterocycles. The third-order valence-corrected chi connectivity index (χ3v) is 3.46. The van der Waals surface area contributed by atoms with Gasteiger partial charge in [0.25, 0.3) is 0 Å². The van der Waals surface area contributed by atoms with E-state index in [4.69, 9.17) is 9.15 Å². The van der Waals surface area contributed by atoms with Crippen LogP contribution in [0.3, 0.4) is 0 Å². The van der Waals surface area contributed by atoms with Gasteiger partial charge in [-0.15, -0.1) is 0 Å². The summed E-state index contributed by atoms with van der Waals surface area (Å²) in [4.78, 5) is 36.7. The maximum Gasteiger partial charge on any atom is 0.374 e. The standard InChI is InChI=1S/C16H12O5/c1-3-20-16(19)14-8(2)11-12(17)9-6-4-5-7-10(9)13(18)15(11)21-14/h4-7H,3H2,1-2H3. The van der Waals surface area contributed by atoms with Gasteiger partial charge in [0, 0.05) is 16.7 Å². The van der Waals surface area contributed by atoms with E-state index in [9.17, 15) is 14.4 Å². The molecule has 0 saturated carbocycles. The van der Waals surface area contributed by atoms with Crippen LogP contribution in [0.4, 0.5) is 0 Å². The minimum Gasteiger partial charge on any atom is -0.460 e. The van der Waals surface area contributed by atoms with Gasteiger partial charge >= 0.3 is 5.97 Å². The summed E-state index contributed by atoms with van der Waals surface area (Å²) in [6.45, 7) is 3.43. The van der Waals surface area contributed by atoms with Crippen LogP contribution in [0, 0.1) is 6.92 Å². The quantitative estimate of drug-likeness (QED) is 0.676. The maximum atomic E-state index is 12.5. The highest BCUT2D eigenvalue weighted by Crippen LogP contribution is 2.33. The van der Waals surface area contributed by atoms with Crippen LogP contribution in [-0.4, -0.2) is 24.1 Å². The highest BCUT2D eigenvalue weighted by atomic mass is 16.5. The zero-order chi connectivity index (χ0) is 15.1. The van der Waals surface area contributed by atoms with Gasteiger partial charge in [-0.05, 0) is 13.8 Å². The van der Waals surface area contributed by atoms with Gasteiger partial charge in [0.05, 0.1) is 12.2 Å². The average molecular weight is 284 g/mol. The Hall–Kier alpha value is -2.69. The lowest BCUT2D eigenvalue weighted by Gasteiger charge is -2.12. The van der Waals surface area contributed by atoms with E-state index in [2.05, 4.69) is 0 Å². The normalized spacial score (nSPS) is 12.9. The first-order valence-electron chi connectivity index (χ1n) is 6.55. The van der Waals surface area contributed by atoms with Gasteiger partial charge in [0.1, 0.15) is 0 Å². The molecule has 1 aliphatic carbocycles. The molecular weight excluding hydrogens is 272 g/mol. The molecule has 1 aliphatic rings. The van der Waals surface area contributed by atoms with Gasteiger partial charge in [-0.3, -0.25) is 9.59 Å². The molecule has 0 unspecified atom stereocenters. The van der Waals surface area contributed by atoms with Gasteiger partial charge in [-0.1, -0.05) is 24.3 Å². The summed E-state index contributed by atoms with van der Waals surface area (Å²) in [5.41, 5.74) is 1.12. The molecule has 1 aromatic heterocycles. The second kappa shape index (κ2) is 4.70. The highest BCUT2D eigenvalue weighted by molar-refractivity contribution is 6.28. The van der Waals surface area contributed by atoms with Crippen LogP contribution in [0.15, 0.2) is 28.7 Å². The van der Waals surface area contributed by atoms with Crippen molar-refractivity contribution in [3.8, 4) is 0 Å². The zero-order valence-corrected chi connectivity index (χ0v) is 11.6. The molecule has 0 saturated heterocycles. The monoisotopic (exact) mass is 284 g/mol. The van der Waals surface area contributed by atoms with E-state index in [1.165, 1.54) is 0 Å². The number of ether oxygens (including phenoxy) is 1. The van der Waals surface area contributed by atoms with Crippen molar-refractivity contribution in [3.63, 3.8) is 0 Å². The van der Waals surface area contributed by atoms with Gasteiger partial charge in [-0.2, -0.15) is 0 Å². The fraction of sp³-hybridized carbons (Fsp3) is 0.188. The Morgan fingerprint density at radius 2 is 1.76 bits per heavy atom. The smallest absolute Gasteiger partial charge is 0.374 e. The number of esters is 1. The van der Waals surface area contributed by atoms with Crippen molar-refractivity contribution in [2.75, 3.05) is 6.61 Å². The predicted molar refractivity (Wildman–Crippen MR) is 72.7 cm³/mol. The molecule has 0 fully saturated rings. The third-order valence-electron chi connectivity index (χ3n) is 3.46. The van der Waals surface area contributed by atoms with E-state index in [1.807, 2.05) is 0 Å². The van der Waals surface area contributed by atoms with Crippen LogP contribution in [-0.2, 0) is 4.74 Å². The van der Waals surface area contributed by atoms with E-state index in [-0.39, 0.29) is 35.3 Å². The Labute approximate surface area is 120 Å². The Balaban J connectivity index is 2.20. The molecule has 0 radical (unpaired) electrons. The van der Waals surface area contributed by atoms with E-state index >= 15 is 0 Å². The first-order chi connectivity index (χ1) is 10.1. The molecule has 3 rings (SSSR count). The van der Waals surface area contributed by atoms with Crippen molar-refractivity contribution in [3.05, 3.63) is 58.0 Å². The van der Waals surface area contributed by atoms with Crippen molar-refractivity contribution >= 4 is 17.5 Å². The van der Waals surface area contributed by atoms with Crippen LogP contribution in [0.1, 0.15) is 55.1 Å². The molecule has 2 aromatic rings. The Kier molecular flexibility index (Phi) is 2.97.